The predicted molar refractivity (Wildman–Crippen MR) is 310 cm³/mol. The summed E-state index contributed by atoms with van der Waals surface area (Å²) in [5.41, 5.74) is 7.93. The van der Waals surface area contributed by atoms with Gasteiger partial charge in [0.1, 0.15) is 11.6 Å². The van der Waals surface area contributed by atoms with E-state index in [4.69, 9.17) is 22.3 Å². The molecule has 9 aromatic rings. The number of fused-ring (bicyclic) bond motifs is 1. The summed E-state index contributed by atoms with van der Waals surface area (Å²) in [7, 11) is 0. The molecule has 382 valence electrons. The molecule has 0 fully saturated rings. The van der Waals surface area contributed by atoms with Crippen LogP contribution < -0.4 is 0 Å². The van der Waals surface area contributed by atoms with Crippen molar-refractivity contribution in [3.8, 4) is 78.6 Å². The van der Waals surface area contributed by atoms with Crippen molar-refractivity contribution in [2.45, 2.75) is 138 Å². The first-order valence-electron chi connectivity index (χ1n) is 31.0. The molecule has 0 saturated heterocycles. The average molecular weight is 1170 g/mol. The molecule has 5 heteroatoms. The Balaban J connectivity index is 0.00000961. The molecule has 0 amide bonds. The Bertz CT molecular complexity index is 3960. The van der Waals surface area contributed by atoms with Gasteiger partial charge in [-0.1, -0.05) is 218 Å². The largest absolute Gasteiger partial charge is 0.507 e. The van der Waals surface area contributed by atoms with E-state index in [1.54, 1.807) is 18.3 Å². The Labute approximate surface area is 473 Å². The second kappa shape index (κ2) is 19.7. The number of phenols is 1. The van der Waals surface area contributed by atoms with Crippen LogP contribution in [0.2, 0.25) is 0 Å². The summed E-state index contributed by atoms with van der Waals surface area (Å²) in [6.45, 7) is 12.5. The smallest absolute Gasteiger partial charge is 0.148 e. The van der Waals surface area contributed by atoms with Crippen LogP contribution in [0.1, 0.15) is 153 Å². The van der Waals surface area contributed by atoms with Crippen LogP contribution in [0, 0.1) is 12.9 Å². The summed E-state index contributed by atoms with van der Waals surface area (Å²) in [4.78, 5) is 10.4. The van der Waals surface area contributed by atoms with Crippen LogP contribution in [0.25, 0.3) is 83.9 Å². The molecule has 2 heterocycles. The van der Waals surface area contributed by atoms with Gasteiger partial charge in [0, 0.05) is 55.0 Å². The molecule has 9 rings (SSSR count). The second-order valence-electron chi connectivity index (χ2n) is 23.6. The number of hydrogen-bond acceptors (Lipinski definition) is 3. The Morgan fingerprint density at radius 3 is 1.78 bits per heavy atom. The van der Waals surface area contributed by atoms with Crippen LogP contribution in [0.4, 0.5) is 0 Å². The van der Waals surface area contributed by atoms with Crippen LogP contribution in [0.5, 0.6) is 5.75 Å². The zero-order valence-electron chi connectivity index (χ0n) is 56.5. The third-order valence-corrected chi connectivity index (χ3v) is 13.9. The maximum absolute atomic E-state index is 12.7. The Hall–Kier alpha value is -6.35. The van der Waals surface area contributed by atoms with Gasteiger partial charge in [0.2, 0.25) is 0 Å². The number of hydrogen-bond donors (Lipinski definition) is 1. The molecular formula is C69H74N3OPt-. The van der Waals surface area contributed by atoms with Crippen molar-refractivity contribution in [2.24, 2.45) is 0 Å². The zero-order chi connectivity index (χ0) is 62.6. The Morgan fingerprint density at radius 2 is 1.14 bits per heavy atom. The summed E-state index contributed by atoms with van der Waals surface area (Å²) < 4.78 is 104. The summed E-state index contributed by atoms with van der Waals surface area (Å²) in [6, 6.07) is 48.8. The number of nitrogens with zero attached hydrogens (tertiary/aromatic N) is 3. The molecule has 0 atom stereocenters. The van der Waals surface area contributed by atoms with Gasteiger partial charge in [-0.2, -0.15) is 0 Å². The first-order chi connectivity index (χ1) is 39.1. The number of pyridine rings is 1. The molecule has 0 aliphatic heterocycles. The maximum atomic E-state index is 12.7. The van der Waals surface area contributed by atoms with Gasteiger partial charge in [0.05, 0.1) is 22.3 Å². The van der Waals surface area contributed by atoms with Crippen molar-refractivity contribution < 1.29 is 42.6 Å². The normalized spacial score (nSPS) is 15.6. The van der Waals surface area contributed by atoms with Crippen LogP contribution in [-0.4, -0.2) is 19.6 Å². The quantitative estimate of drug-likeness (QED) is 0.162. The molecule has 1 N–H and O–H groups in total. The average Bonchev–Trinajstić information content (AvgIpc) is 0.990. The van der Waals surface area contributed by atoms with Gasteiger partial charge in [0.25, 0.3) is 0 Å². The van der Waals surface area contributed by atoms with Gasteiger partial charge in [-0.05, 0) is 120 Å². The minimum absolute atomic E-state index is 0. The van der Waals surface area contributed by atoms with Crippen molar-refractivity contribution in [1.29, 1.82) is 0 Å². The first kappa shape index (κ1) is 40.0. The number of phenolic OH excluding ortho intramolecular Hbond substituents is 1. The van der Waals surface area contributed by atoms with Gasteiger partial charge in [-0.25, -0.2) is 4.98 Å². The molecule has 74 heavy (non-hydrogen) atoms. The summed E-state index contributed by atoms with van der Waals surface area (Å²) >= 11 is 0. The predicted octanol–water partition coefficient (Wildman–Crippen LogP) is 18.7. The second-order valence-corrected chi connectivity index (χ2v) is 23.6. The van der Waals surface area contributed by atoms with E-state index >= 15 is 0 Å². The third kappa shape index (κ3) is 10.6. The van der Waals surface area contributed by atoms with Crippen LogP contribution >= 0.6 is 0 Å². The van der Waals surface area contributed by atoms with Gasteiger partial charge < -0.3 is 5.11 Å². The van der Waals surface area contributed by atoms with Crippen molar-refractivity contribution in [2.75, 3.05) is 0 Å². The summed E-state index contributed by atoms with van der Waals surface area (Å²) in [5, 5.41) is 12.7. The molecule has 0 radical (unpaired) electrons. The van der Waals surface area contributed by atoms with E-state index in [9.17, 15) is 9.22 Å². The molecule has 4 nitrogen and oxygen atoms in total. The molecule has 0 spiro atoms. The summed E-state index contributed by atoms with van der Waals surface area (Å²) in [6.07, 6.45) is 1.63. The van der Waals surface area contributed by atoms with Crippen LogP contribution in [-0.2, 0) is 48.1 Å². The SMILES string of the molecule is [2H]C([2H])([2H])c1cc(-c2c(-c3ccccc3)cccc2C(C)(C)C)ccc1-n1c(-c2cc(C(C)(C)C)cc(C(C)(C)C)c2O)nc2c(-c3[c-]c(-c4cc(-c5ccc(C(C([2H])([2H])[2H])(C([2H])([2H])[2H])C([2H])([2H])[2H])cc5)ccn4)cc(C(C)(C)C)c3)cccc21.[Pt]. The molecule has 0 unspecified atom stereocenters. The number of benzene rings is 7. The van der Waals surface area contributed by atoms with Gasteiger partial charge in [-0.3, -0.25) is 9.55 Å². The fraction of sp³-hybridized carbons (Fsp3) is 0.304. The first-order valence-corrected chi connectivity index (χ1v) is 25.0. The Kier molecular flexibility index (Phi) is 10.7. The van der Waals surface area contributed by atoms with Crippen molar-refractivity contribution in [3.05, 3.63) is 191 Å². The van der Waals surface area contributed by atoms with E-state index in [1.165, 1.54) is 24.3 Å². The number of aromatic nitrogens is 3. The number of aryl methyl sites for hydroxylation is 1. The van der Waals surface area contributed by atoms with Crippen molar-refractivity contribution in [1.82, 2.24) is 14.5 Å². The van der Waals surface area contributed by atoms with Gasteiger partial charge >= 0.3 is 0 Å². The molecule has 0 aliphatic rings. The third-order valence-electron chi connectivity index (χ3n) is 13.9. The monoisotopic (exact) mass is 1170 g/mol. The van der Waals surface area contributed by atoms with E-state index in [0.717, 1.165) is 38.9 Å². The zero-order valence-corrected chi connectivity index (χ0v) is 46.8. The maximum Gasteiger partial charge on any atom is 0.148 e. The minimum atomic E-state index is -3.40. The van der Waals surface area contributed by atoms with E-state index in [0.29, 0.717) is 67.2 Å². The van der Waals surface area contributed by atoms with E-state index < -0.39 is 43.7 Å². The molecule has 2 aromatic heterocycles. The van der Waals surface area contributed by atoms with Crippen molar-refractivity contribution >= 4 is 11.0 Å². The number of imidazole rings is 1. The van der Waals surface area contributed by atoms with E-state index in [2.05, 4.69) is 132 Å². The molecule has 0 saturated carbocycles. The van der Waals surface area contributed by atoms with Gasteiger partial charge in [-0.15, -0.1) is 29.3 Å². The van der Waals surface area contributed by atoms with Crippen LogP contribution in [0.15, 0.2) is 152 Å². The molecule has 0 bridgehead atoms. The molecule has 7 aromatic carbocycles. The Morgan fingerprint density at radius 1 is 0.500 bits per heavy atom. The minimum Gasteiger partial charge on any atom is -0.507 e. The van der Waals surface area contributed by atoms with E-state index in [-0.39, 0.29) is 48.8 Å². The summed E-state index contributed by atoms with van der Waals surface area (Å²) in [5.74, 6) is 0.379. The number of rotatable bonds is 7. The standard InChI is InChI=1S/C69H74N3O.Pt/c1-43-36-47(61-53(45-22-18-17-19-23-45)24-20-26-56(61)68(11,12)13)30-33-59(43)72-60-27-21-25-54(62(60)71-64(72)55-41-52(67(8,9)10)42-57(63(55)73)69(14,15)16)48-37-49(39-51(38-48)66(5,6)7)58-40-46(34-35-70-58)44-28-31-50(32-29-44)65(2,3)4;/h17-36,38-42,73H,1-16H3;/q-1;/i1D3,2D3,3D3,4D3;. The van der Waals surface area contributed by atoms with Gasteiger partial charge in [0.15, 0.2) is 0 Å². The van der Waals surface area contributed by atoms with Crippen LogP contribution in [0.3, 0.4) is 0 Å². The fourth-order valence-electron chi connectivity index (χ4n) is 9.74. The van der Waals surface area contributed by atoms with E-state index in [1.807, 2.05) is 71.3 Å². The topological polar surface area (TPSA) is 50.9 Å². The van der Waals surface area contributed by atoms with Crippen molar-refractivity contribution in [3.63, 3.8) is 0 Å². The number of aromatic hydroxyl groups is 1. The number of para-hydroxylation sites is 1. The fourth-order valence-corrected chi connectivity index (χ4v) is 9.74. The molecule has 0 aliphatic carbocycles. The molecular weight excluding hydrogens is 1080 g/mol.